The molecule has 1 rings (SSSR count). The van der Waals surface area contributed by atoms with E-state index in [4.69, 9.17) is 5.11 Å². The summed E-state index contributed by atoms with van der Waals surface area (Å²) >= 11 is 0. The summed E-state index contributed by atoms with van der Waals surface area (Å²) in [6.07, 6.45) is 2.61. The third kappa shape index (κ3) is 3.22. The molecule has 0 aromatic heterocycles. The Bertz CT molecular complexity index is 270. The lowest BCUT2D eigenvalue weighted by Crippen LogP contribution is -2.37. The van der Waals surface area contributed by atoms with Gasteiger partial charge in [-0.3, -0.25) is 0 Å². The lowest BCUT2D eigenvalue weighted by atomic mass is 9.87. The van der Waals surface area contributed by atoms with Gasteiger partial charge in [0.25, 0.3) is 0 Å². The topological polar surface area (TPSA) is 57.6 Å². The Morgan fingerprint density at radius 3 is 2.43 bits per heavy atom. The highest BCUT2D eigenvalue weighted by Gasteiger charge is 2.27. The van der Waals surface area contributed by atoms with E-state index >= 15 is 0 Å². The maximum atomic E-state index is 11.7. The van der Waals surface area contributed by atoms with E-state index in [1.807, 2.05) is 0 Å². The summed E-state index contributed by atoms with van der Waals surface area (Å²) in [5.74, 6) is 0.590. The first kappa shape index (κ1) is 11.9. The average Bonchev–Trinajstić information content (AvgIpc) is 1.96. The summed E-state index contributed by atoms with van der Waals surface area (Å²) in [5.41, 5.74) is 0. The van der Waals surface area contributed by atoms with Gasteiger partial charge in [-0.25, -0.2) is 12.7 Å². The van der Waals surface area contributed by atoms with Gasteiger partial charge in [0.05, 0.1) is 11.9 Å². The maximum absolute atomic E-state index is 11.7. The summed E-state index contributed by atoms with van der Waals surface area (Å²) in [5, 5.41) is 9.09. The van der Waals surface area contributed by atoms with E-state index in [-0.39, 0.29) is 12.3 Å². The molecule has 0 radical (unpaired) electrons. The standard InChI is InChI=1S/C9H19NO3S/c1-8(11)6-10(2)14(12,13)7-9-4-3-5-9/h8-9,11H,3-7H2,1-2H3. The second kappa shape index (κ2) is 4.59. The van der Waals surface area contributed by atoms with E-state index in [0.717, 1.165) is 19.3 Å². The van der Waals surface area contributed by atoms with Crippen LogP contribution in [-0.2, 0) is 10.0 Å². The number of aliphatic hydroxyl groups is 1. The molecule has 0 heterocycles. The minimum atomic E-state index is -3.14. The number of nitrogens with zero attached hydrogens (tertiary/aromatic N) is 1. The van der Waals surface area contributed by atoms with E-state index in [1.54, 1.807) is 6.92 Å². The van der Waals surface area contributed by atoms with Crippen molar-refractivity contribution in [2.75, 3.05) is 19.3 Å². The third-order valence-electron chi connectivity index (χ3n) is 2.67. The number of hydrogen-bond donors (Lipinski definition) is 1. The minimum Gasteiger partial charge on any atom is -0.392 e. The van der Waals surface area contributed by atoms with E-state index in [1.165, 1.54) is 11.4 Å². The van der Waals surface area contributed by atoms with Crippen molar-refractivity contribution >= 4 is 10.0 Å². The quantitative estimate of drug-likeness (QED) is 0.732. The highest BCUT2D eigenvalue weighted by Crippen LogP contribution is 2.28. The minimum absolute atomic E-state index is 0.190. The number of sulfonamides is 1. The van der Waals surface area contributed by atoms with Gasteiger partial charge in [-0.2, -0.15) is 0 Å². The van der Waals surface area contributed by atoms with Gasteiger partial charge in [0.15, 0.2) is 0 Å². The van der Waals surface area contributed by atoms with Crippen LogP contribution in [0.1, 0.15) is 26.2 Å². The number of likely N-dealkylation sites (N-methyl/N-ethyl adjacent to an activating group) is 1. The van der Waals surface area contributed by atoms with E-state index in [2.05, 4.69) is 0 Å². The van der Waals surface area contributed by atoms with Crippen molar-refractivity contribution in [3.05, 3.63) is 0 Å². The molecule has 1 aliphatic rings. The van der Waals surface area contributed by atoms with Crippen LogP contribution in [0.2, 0.25) is 0 Å². The zero-order valence-electron chi connectivity index (χ0n) is 8.81. The van der Waals surface area contributed by atoms with Gasteiger partial charge in [0, 0.05) is 13.6 Å². The fourth-order valence-corrected chi connectivity index (χ4v) is 3.20. The zero-order chi connectivity index (χ0) is 10.8. The van der Waals surface area contributed by atoms with Gasteiger partial charge >= 0.3 is 0 Å². The van der Waals surface area contributed by atoms with Crippen LogP contribution in [0.25, 0.3) is 0 Å². The molecular weight excluding hydrogens is 202 g/mol. The van der Waals surface area contributed by atoms with E-state index < -0.39 is 16.1 Å². The Kier molecular flexibility index (Phi) is 3.92. The molecule has 0 amide bonds. The Morgan fingerprint density at radius 2 is 2.07 bits per heavy atom. The van der Waals surface area contributed by atoms with Crippen molar-refractivity contribution in [2.24, 2.45) is 5.92 Å². The van der Waals surface area contributed by atoms with Crippen LogP contribution in [0.5, 0.6) is 0 Å². The molecule has 1 saturated carbocycles. The fourth-order valence-electron chi connectivity index (χ4n) is 1.57. The molecule has 0 bridgehead atoms. The molecule has 4 nitrogen and oxygen atoms in total. The Balaban J connectivity index is 2.46. The number of hydrogen-bond acceptors (Lipinski definition) is 3. The number of rotatable bonds is 5. The molecule has 5 heteroatoms. The molecule has 0 aromatic carbocycles. The van der Waals surface area contributed by atoms with Crippen LogP contribution in [0.4, 0.5) is 0 Å². The normalized spacial score (nSPS) is 20.9. The molecule has 14 heavy (non-hydrogen) atoms. The van der Waals surface area contributed by atoms with Gasteiger partial charge in [-0.1, -0.05) is 6.42 Å². The largest absolute Gasteiger partial charge is 0.392 e. The number of aliphatic hydroxyl groups excluding tert-OH is 1. The summed E-state index contributed by atoms with van der Waals surface area (Å²) in [6, 6.07) is 0. The first-order valence-electron chi connectivity index (χ1n) is 5.04. The van der Waals surface area contributed by atoms with Crippen molar-refractivity contribution in [1.82, 2.24) is 4.31 Å². The molecule has 0 aliphatic heterocycles. The second-order valence-electron chi connectivity index (χ2n) is 4.21. The molecule has 0 spiro atoms. The molecule has 1 N–H and O–H groups in total. The van der Waals surface area contributed by atoms with Crippen molar-refractivity contribution in [3.63, 3.8) is 0 Å². The van der Waals surface area contributed by atoms with Crippen molar-refractivity contribution in [1.29, 1.82) is 0 Å². The Morgan fingerprint density at radius 1 is 1.50 bits per heavy atom. The lowest BCUT2D eigenvalue weighted by Gasteiger charge is -2.27. The maximum Gasteiger partial charge on any atom is 0.214 e. The summed E-state index contributed by atoms with van der Waals surface area (Å²) < 4.78 is 24.6. The molecule has 0 aromatic rings. The van der Waals surface area contributed by atoms with E-state index in [9.17, 15) is 8.42 Å². The Labute approximate surface area is 86.0 Å². The van der Waals surface area contributed by atoms with Crippen molar-refractivity contribution in [2.45, 2.75) is 32.3 Å². The molecule has 1 fully saturated rings. The van der Waals surface area contributed by atoms with Crippen molar-refractivity contribution in [3.8, 4) is 0 Å². The van der Waals surface area contributed by atoms with Gasteiger partial charge < -0.3 is 5.11 Å². The van der Waals surface area contributed by atoms with Crippen LogP contribution in [0, 0.1) is 5.92 Å². The van der Waals surface area contributed by atoms with Crippen LogP contribution >= 0.6 is 0 Å². The highest BCUT2D eigenvalue weighted by atomic mass is 32.2. The second-order valence-corrected chi connectivity index (χ2v) is 6.33. The summed E-state index contributed by atoms with van der Waals surface area (Å²) in [7, 11) is -1.61. The zero-order valence-corrected chi connectivity index (χ0v) is 9.63. The molecular formula is C9H19NO3S. The molecule has 1 atom stereocenters. The SMILES string of the molecule is CC(O)CN(C)S(=O)(=O)CC1CCC1. The highest BCUT2D eigenvalue weighted by molar-refractivity contribution is 7.89. The van der Waals surface area contributed by atoms with Crippen LogP contribution in [-0.4, -0.2) is 43.3 Å². The Hall–Kier alpha value is -0.130. The third-order valence-corrected chi connectivity index (χ3v) is 4.66. The summed E-state index contributed by atoms with van der Waals surface area (Å²) in [4.78, 5) is 0. The lowest BCUT2D eigenvalue weighted by molar-refractivity contribution is 0.170. The smallest absolute Gasteiger partial charge is 0.214 e. The van der Waals surface area contributed by atoms with Crippen LogP contribution in [0.3, 0.4) is 0 Å². The van der Waals surface area contributed by atoms with Crippen molar-refractivity contribution < 1.29 is 13.5 Å². The van der Waals surface area contributed by atoms with E-state index in [0.29, 0.717) is 5.92 Å². The predicted molar refractivity (Wildman–Crippen MR) is 55.4 cm³/mol. The molecule has 1 aliphatic carbocycles. The first-order chi connectivity index (χ1) is 6.42. The van der Waals surface area contributed by atoms with Gasteiger partial charge in [-0.05, 0) is 25.7 Å². The monoisotopic (exact) mass is 221 g/mol. The average molecular weight is 221 g/mol. The van der Waals surface area contributed by atoms with Gasteiger partial charge in [-0.15, -0.1) is 0 Å². The van der Waals surface area contributed by atoms with Crippen LogP contribution in [0.15, 0.2) is 0 Å². The van der Waals surface area contributed by atoms with Gasteiger partial charge in [0.2, 0.25) is 10.0 Å². The molecule has 84 valence electrons. The van der Waals surface area contributed by atoms with Gasteiger partial charge in [0.1, 0.15) is 0 Å². The predicted octanol–water partition coefficient (Wildman–Crippen LogP) is 0.429. The summed E-state index contributed by atoms with van der Waals surface area (Å²) in [6.45, 7) is 1.78. The van der Waals surface area contributed by atoms with Crippen LogP contribution < -0.4 is 0 Å². The molecule has 0 saturated heterocycles. The molecule has 1 unspecified atom stereocenters. The first-order valence-corrected chi connectivity index (χ1v) is 6.65. The fraction of sp³-hybridized carbons (Fsp3) is 1.00.